The van der Waals surface area contributed by atoms with Gasteiger partial charge in [0, 0.05) is 34.6 Å². The van der Waals surface area contributed by atoms with Gasteiger partial charge in [-0.25, -0.2) is 0 Å². The van der Waals surface area contributed by atoms with Crippen molar-refractivity contribution >= 4 is 35.9 Å². The Morgan fingerprint density at radius 1 is 0.229 bits per heavy atom. The molecule has 11 aliphatic rings. The van der Waals surface area contributed by atoms with E-state index < -0.39 is 459 Å². The summed E-state index contributed by atoms with van der Waals surface area (Å²) in [5.41, 5.74) is 0. The first-order valence-electron chi connectivity index (χ1n) is 45.9. The molecule has 11 aliphatic heterocycles. The molecule has 0 radical (unpaired) electrons. The molecule has 64 heteroatoms. The molecule has 11 rings (SSSR count). The highest BCUT2D eigenvalue weighted by Gasteiger charge is 2.63. The number of nitrogens with one attached hydrogen (secondary N) is 6. The first-order chi connectivity index (χ1) is 68.3. The van der Waals surface area contributed by atoms with Crippen molar-refractivity contribution in [1.29, 1.82) is 0 Å². The van der Waals surface area contributed by atoms with Crippen molar-refractivity contribution in [3.63, 3.8) is 0 Å². The van der Waals surface area contributed by atoms with Crippen molar-refractivity contribution in [3.05, 3.63) is 0 Å². The highest BCUT2D eigenvalue weighted by Crippen LogP contribution is 2.42. The summed E-state index contributed by atoms with van der Waals surface area (Å²) in [5.74, 6) is -4.90. The van der Waals surface area contributed by atoms with Crippen LogP contribution in [-0.2, 0) is 133 Å². The minimum atomic E-state index is -2.60. The summed E-state index contributed by atoms with van der Waals surface area (Å²) in [6.07, 6.45) is -105. The van der Waals surface area contributed by atoms with E-state index in [1.54, 1.807) is 0 Å². The Morgan fingerprint density at radius 2 is 0.444 bits per heavy atom. The SMILES string of the molecule is CC(=O)N[C@H]1[C@H](OC[C@H]2O[C@@H](O[C@H]3[C@H](O)[C@@H](NC(C)=O)[C@H](OC[C@H]4O[C@@H](O[C@H]5[C@H](O)[C@@H](NC(C)=O)[C@H](O[C@H]6[C@@H](O)[C@@H](CO)O[C@@H](O[C@H]7[C@H](O)[C@@H](O)[C@H](OC[C@@H](CO)NC=O)O[C@@H]7CO)[C@@H]6O)O[C@@H]5CO)[C@H](O)[C@@H](O[C@@H]5O[C@H](CO)[C@@H](O[C@@H]6O[C@H](CO)[C@H](O)[C@H](O)[C@H]6O)[C@H](O)[C@H]5NC(C)=O)[C@H]4O)O[C@@H]3CO)[C@H](O)[C@@H](O[C@@H]3O[C@H](CO)[C@@H](O)[C@H](O)[C@H]3NC(C)=O)[C@H]2O)O[C@H](CO)[C@@H](O[C@@H]2O[C@H](CO)[C@H](O)[C@H](O)[C@H]2O)[C@@H]1O. The zero-order chi connectivity index (χ0) is 106. The second-order valence-corrected chi connectivity index (χ2v) is 36.0. The molecule has 144 heavy (non-hydrogen) atoms. The quantitative estimate of drug-likeness (QED) is 0.0252. The second kappa shape index (κ2) is 53.3. The number of hydrogen-bond acceptors (Lipinski definition) is 58. The van der Waals surface area contributed by atoms with E-state index in [2.05, 4.69) is 31.9 Å². The van der Waals surface area contributed by atoms with Crippen molar-refractivity contribution in [1.82, 2.24) is 31.9 Å². The fourth-order valence-corrected chi connectivity index (χ4v) is 18.3. The Morgan fingerprint density at radius 3 is 0.729 bits per heavy atom. The zero-order valence-corrected chi connectivity index (χ0v) is 77.4. The van der Waals surface area contributed by atoms with Gasteiger partial charge in [0.2, 0.25) is 35.9 Å². The fourth-order valence-electron chi connectivity index (χ4n) is 18.3. The minimum Gasteiger partial charge on any atom is -0.394 e. The third kappa shape index (κ3) is 27.1. The standard InChI is InChI=1S/C80H134N6O58/c1-20(98)82-37-48(109)42(103)26(7-88)126-72(37)143-68-46(107)35(17-124-70-38(83-21(2)99)49(110)62(30(11-92)130-70)137-76-56(117)53(114)43(104)27(8-89)127-76)135-79(60(68)121)139-63-31(12-93)131-71(39(50(63)111)84-22(3)100)125-18-36-47(108)69(144-74-40(85-23(4)101)51(112)64(32(13-94)132-74)138-77-57(118)54(115)44(105)28(9-90)128-77)61(122)80(136-36)140-65-33(14-95)133-73(41(52(65)113)86-24(5)102)142-67-45(106)29(10-91)129-78(59(67)120)141-66-34(15-96)134-75(58(119)55(66)116)123-16-25(6-87)81-19-97/h19,25-80,87-96,103-122H,6-18H2,1-5H3,(H,81,97)(H,82,98)(H,83,99)(H,84,100)(H,85,101)(H,86,102)/t25-,26-,27-,28-,29-,30-,31-,32-,33-,34-,35-,36-,37-,38-,39-,40-,41-,42-,43+,44+,45+,46+,47+,48-,49-,50-,51-,52-,53+,54+,55-,56-,57-,58-,59-,60-,61-,62-,63-,64-,65-,66-,67+,68+,69+,70-,71-,72+,73+,74+,75-,76+,77+,78+,79+,80+/m1/s1. The average Bonchev–Trinajstić information content (AvgIpc) is 0.772. The summed E-state index contributed by atoms with van der Waals surface area (Å²) >= 11 is 0. The van der Waals surface area contributed by atoms with Gasteiger partial charge in [0.05, 0.1) is 91.9 Å². The van der Waals surface area contributed by atoms with Gasteiger partial charge in [0.25, 0.3) is 0 Å². The van der Waals surface area contributed by atoms with E-state index in [-0.39, 0.29) is 6.41 Å². The number of carbonyl (C=O) groups excluding carboxylic acids is 6. The van der Waals surface area contributed by atoms with Crippen LogP contribution in [0.2, 0.25) is 0 Å². The maximum absolute atomic E-state index is 13.5. The Bertz CT molecular complexity index is 3980. The minimum absolute atomic E-state index is 0.231. The predicted molar refractivity (Wildman–Crippen MR) is 444 cm³/mol. The molecule has 0 aliphatic carbocycles. The lowest BCUT2D eigenvalue weighted by molar-refractivity contribution is -0.390. The Labute approximate surface area is 815 Å². The highest BCUT2D eigenvalue weighted by molar-refractivity contribution is 5.75. The summed E-state index contributed by atoms with van der Waals surface area (Å²) in [6, 6.07) is -10.9. The molecule has 36 N–H and O–H groups in total. The van der Waals surface area contributed by atoms with Crippen molar-refractivity contribution < 1.29 is 286 Å². The van der Waals surface area contributed by atoms with Gasteiger partial charge in [-0.15, -0.1) is 0 Å². The molecule has 0 spiro atoms. The fraction of sp³-hybridized carbons (Fsp3) is 0.925. The van der Waals surface area contributed by atoms with Gasteiger partial charge >= 0.3 is 0 Å². The first-order valence-corrected chi connectivity index (χ1v) is 45.9. The van der Waals surface area contributed by atoms with Crippen LogP contribution in [0.15, 0.2) is 0 Å². The molecule has 0 saturated carbocycles. The third-order valence-electron chi connectivity index (χ3n) is 25.9. The van der Waals surface area contributed by atoms with E-state index in [9.17, 15) is 182 Å². The summed E-state index contributed by atoms with van der Waals surface area (Å²) in [5, 5.41) is 351. The Hall–Kier alpha value is -5.26. The molecule has 0 bridgehead atoms. The maximum atomic E-state index is 13.5. The summed E-state index contributed by atoms with van der Waals surface area (Å²) in [6.45, 7) is -9.01. The summed E-state index contributed by atoms with van der Waals surface area (Å²) in [7, 11) is 0. The van der Waals surface area contributed by atoms with Crippen LogP contribution in [0.1, 0.15) is 34.6 Å². The average molecular weight is 2110 g/mol. The van der Waals surface area contributed by atoms with Crippen LogP contribution in [0, 0.1) is 0 Å². The number of amides is 6. The van der Waals surface area contributed by atoms with Crippen molar-refractivity contribution in [3.8, 4) is 0 Å². The van der Waals surface area contributed by atoms with Crippen molar-refractivity contribution in [2.24, 2.45) is 0 Å². The molecule has 0 aromatic rings. The molecular formula is C80H134N6O58. The number of rotatable bonds is 42. The van der Waals surface area contributed by atoms with E-state index in [0.717, 1.165) is 34.6 Å². The normalized spacial score (nSPS) is 47.3. The monoisotopic (exact) mass is 2110 g/mol. The molecule has 832 valence electrons. The maximum Gasteiger partial charge on any atom is 0.217 e. The molecule has 56 atom stereocenters. The Kier molecular flexibility index (Phi) is 44.1. The Balaban J connectivity index is 0.887. The first kappa shape index (κ1) is 119. The van der Waals surface area contributed by atoms with Gasteiger partial charge in [-0.1, -0.05) is 0 Å². The van der Waals surface area contributed by atoms with Gasteiger partial charge in [0.1, 0.15) is 268 Å². The number of carbonyl (C=O) groups is 6. The molecule has 11 saturated heterocycles. The molecule has 0 aromatic carbocycles. The van der Waals surface area contributed by atoms with Crippen LogP contribution < -0.4 is 31.9 Å². The van der Waals surface area contributed by atoms with Gasteiger partial charge in [0.15, 0.2) is 69.2 Å². The van der Waals surface area contributed by atoms with Crippen LogP contribution >= 0.6 is 0 Å². The van der Waals surface area contributed by atoms with Crippen molar-refractivity contribution in [2.45, 2.75) is 378 Å². The van der Waals surface area contributed by atoms with Gasteiger partial charge in [-0.2, -0.15) is 0 Å². The lowest BCUT2D eigenvalue weighted by Gasteiger charge is -2.51. The molecule has 0 aromatic heterocycles. The molecule has 11 fully saturated rings. The van der Waals surface area contributed by atoms with E-state index in [1.165, 1.54) is 0 Å². The molecule has 0 unspecified atom stereocenters. The van der Waals surface area contributed by atoms with Crippen molar-refractivity contribution in [2.75, 3.05) is 85.9 Å². The molecule has 6 amide bonds. The van der Waals surface area contributed by atoms with Gasteiger partial charge in [-0.3, -0.25) is 28.8 Å². The van der Waals surface area contributed by atoms with Crippen LogP contribution in [0.5, 0.6) is 0 Å². The second-order valence-electron chi connectivity index (χ2n) is 36.0. The van der Waals surface area contributed by atoms with Crippen LogP contribution in [-0.4, -0.2) is 619 Å². The summed E-state index contributed by atoms with van der Waals surface area (Å²) < 4.78 is 131. The predicted octanol–water partition coefficient (Wildman–Crippen LogP) is -25.1. The number of aliphatic hydroxyl groups is 30. The zero-order valence-electron chi connectivity index (χ0n) is 77.4. The molecule has 11 heterocycles. The van der Waals surface area contributed by atoms with Crippen LogP contribution in [0.25, 0.3) is 0 Å². The van der Waals surface area contributed by atoms with Crippen LogP contribution in [0.4, 0.5) is 0 Å². The van der Waals surface area contributed by atoms with Crippen LogP contribution in [0.3, 0.4) is 0 Å². The smallest absolute Gasteiger partial charge is 0.217 e. The topological polar surface area (TPSA) is 985 Å². The molecule has 64 nitrogen and oxygen atoms in total. The van der Waals surface area contributed by atoms with E-state index in [4.69, 9.17) is 104 Å². The lowest BCUT2D eigenvalue weighted by Crippen LogP contribution is -2.71. The number of hydrogen-bond donors (Lipinski definition) is 36. The number of ether oxygens (including phenoxy) is 22. The van der Waals surface area contributed by atoms with E-state index in [0.29, 0.717) is 0 Å². The highest BCUT2D eigenvalue weighted by atomic mass is 16.8. The summed E-state index contributed by atoms with van der Waals surface area (Å²) in [4.78, 5) is 76.6. The number of aliphatic hydroxyl groups excluding tert-OH is 30. The van der Waals surface area contributed by atoms with E-state index >= 15 is 0 Å². The van der Waals surface area contributed by atoms with Gasteiger partial charge < -0.3 is 289 Å². The third-order valence-corrected chi connectivity index (χ3v) is 25.9. The van der Waals surface area contributed by atoms with E-state index in [1.807, 2.05) is 0 Å². The molecular weight excluding hydrogens is 1970 g/mol. The largest absolute Gasteiger partial charge is 0.394 e. The lowest BCUT2D eigenvalue weighted by atomic mass is 9.93. The van der Waals surface area contributed by atoms with Gasteiger partial charge in [-0.05, 0) is 0 Å².